The summed E-state index contributed by atoms with van der Waals surface area (Å²) in [7, 11) is 0. The predicted molar refractivity (Wildman–Crippen MR) is 91.3 cm³/mol. The Morgan fingerprint density at radius 2 is 2.28 bits per heavy atom. The van der Waals surface area contributed by atoms with Crippen LogP contribution in [0.2, 0.25) is 0 Å². The highest BCUT2D eigenvalue weighted by Gasteiger charge is 2.57. The third-order valence-corrected chi connectivity index (χ3v) is 6.17. The molecule has 1 aliphatic heterocycles. The second-order valence-corrected chi connectivity index (χ2v) is 7.49. The fraction of sp³-hybridized carbons (Fsp3) is 0.500. The molecule has 1 N–H and O–H groups in total. The zero-order chi connectivity index (χ0) is 16.9. The molecule has 1 amide bonds. The molecule has 2 fully saturated rings. The molecular weight excluding hydrogens is 316 g/mol. The fourth-order valence-corrected chi connectivity index (χ4v) is 4.74. The number of carbonyl (C=O) groups excluding carboxylic acids is 1. The Labute approximate surface area is 146 Å². The third kappa shape index (κ3) is 2.41. The number of rotatable bonds is 4. The average molecular weight is 338 g/mol. The number of carbonyl (C=O) groups is 1. The summed E-state index contributed by atoms with van der Waals surface area (Å²) in [5.74, 6) is 0.956. The summed E-state index contributed by atoms with van der Waals surface area (Å²) < 4.78 is 11.1. The maximum Gasteiger partial charge on any atom is 0.273 e. The van der Waals surface area contributed by atoms with E-state index in [1.807, 2.05) is 0 Å². The van der Waals surface area contributed by atoms with E-state index in [1.165, 1.54) is 30.4 Å². The normalized spacial score (nSPS) is 29.8. The van der Waals surface area contributed by atoms with Gasteiger partial charge in [-0.1, -0.05) is 24.3 Å². The Balaban J connectivity index is 1.25. The van der Waals surface area contributed by atoms with Gasteiger partial charge < -0.3 is 14.5 Å². The van der Waals surface area contributed by atoms with Crippen molar-refractivity contribution in [3.8, 4) is 0 Å². The molecule has 2 aliphatic carbocycles. The van der Waals surface area contributed by atoms with Crippen LogP contribution in [-0.2, 0) is 16.6 Å². The first kappa shape index (κ1) is 15.1. The summed E-state index contributed by atoms with van der Waals surface area (Å²) in [6.45, 7) is 1.42. The van der Waals surface area contributed by atoms with Gasteiger partial charge in [0.25, 0.3) is 5.91 Å². The topological polar surface area (TPSA) is 64.4 Å². The molecular formula is C20H22N2O3. The van der Waals surface area contributed by atoms with E-state index in [-0.39, 0.29) is 12.0 Å². The van der Waals surface area contributed by atoms with Gasteiger partial charge in [-0.3, -0.25) is 4.79 Å². The summed E-state index contributed by atoms with van der Waals surface area (Å²) in [4.78, 5) is 16.7. The summed E-state index contributed by atoms with van der Waals surface area (Å²) in [6.07, 6.45) is 6.64. The van der Waals surface area contributed by atoms with E-state index in [2.05, 4.69) is 34.6 Å². The lowest BCUT2D eigenvalue weighted by molar-refractivity contribution is 0.0860. The molecule has 5 nitrogen and oxygen atoms in total. The van der Waals surface area contributed by atoms with E-state index >= 15 is 0 Å². The van der Waals surface area contributed by atoms with Crippen LogP contribution in [0.3, 0.4) is 0 Å². The first-order chi connectivity index (χ1) is 12.3. The van der Waals surface area contributed by atoms with Crippen LogP contribution in [0.1, 0.15) is 59.2 Å². The molecule has 1 aromatic heterocycles. The lowest BCUT2D eigenvalue weighted by atomic mass is 9.95. The SMILES string of the molecule is O=C(NC[C@@H]1C[C@@]12CCc1ccccc12)c1ncoc1[C@H]1CCCO1. The van der Waals surface area contributed by atoms with Gasteiger partial charge in [0.1, 0.15) is 6.10 Å². The second-order valence-electron chi connectivity index (χ2n) is 7.49. The van der Waals surface area contributed by atoms with Gasteiger partial charge in [-0.15, -0.1) is 0 Å². The molecule has 25 heavy (non-hydrogen) atoms. The maximum absolute atomic E-state index is 12.6. The molecule has 3 aliphatic rings. The number of hydrogen-bond donors (Lipinski definition) is 1. The number of aryl methyl sites for hydroxylation is 1. The van der Waals surface area contributed by atoms with Gasteiger partial charge in [0.2, 0.25) is 0 Å². The highest BCUT2D eigenvalue weighted by atomic mass is 16.5. The molecule has 0 unspecified atom stereocenters. The minimum absolute atomic E-state index is 0.128. The van der Waals surface area contributed by atoms with Gasteiger partial charge in [0.15, 0.2) is 17.8 Å². The molecule has 2 heterocycles. The number of hydrogen-bond acceptors (Lipinski definition) is 4. The molecule has 1 saturated heterocycles. The Morgan fingerprint density at radius 1 is 1.36 bits per heavy atom. The number of ether oxygens (including phenoxy) is 1. The zero-order valence-electron chi connectivity index (χ0n) is 14.2. The predicted octanol–water partition coefficient (Wildman–Crippen LogP) is 3.16. The van der Waals surface area contributed by atoms with Gasteiger partial charge in [-0.2, -0.15) is 0 Å². The summed E-state index contributed by atoms with van der Waals surface area (Å²) in [5, 5.41) is 3.08. The fourth-order valence-electron chi connectivity index (χ4n) is 4.74. The third-order valence-electron chi connectivity index (χ3n) is 6.17. The maximum atomic E-state index is 12.6. The number of amides is 1. The van der Waals surface area contributed by atoms with E-state index < -0.39 is 0 Å². The number of benzene rings is 1. The smallest absolute Gasteiger partial charge is 0.273 e. The van der Waals surface area contributed by atoms with Crippen LogP contribution in [0.4, 0.5) is 0 Å². The van der Waals surface area contributed by atoms with Crippen molar-refractivity contribution in [2.24, 2.45) is 5.92 Å². The highest BCUT2D eigenvalue weighted by Crippen LogP contribution is 2.61. The summed E-state index contributed by atoms with van der Waals surface area (Å²) in [5.41, 5.74) is 3.66. The largest absolute Gasteiger partial charge is 0.445 e. The highest BCUT2D eigenvalue weighted by molar-refractivity contribution is 5.93. The Hall–Kier alpha value is -2.14. The van der Waals surface area contributed by atoms with Crippen molar-refractivity contribution in [2.45, 2.75) is 43.6 Å². The van der Waals surface area contributed by atoms with Crippen molar-refractivity contribution in [3.05, 3.63) is 53.2 Å². The van der Waals surface area contributed by atoms with Gasteiger partial charge in [-0.05, 0) is 49.1 Å². The number of nitrogens with zero attached hydrogens (tertiary/aromatic N) is 1. The van der Waals surface area contributed by atoms with Crippen LogP contribution in [-0.4, -0.2) is 24.0 Å². The van der Waals surface area contributed by atoms with Crippen molar-refractivity contribution in [1.29, 1.82) is 0 Å². The van der Waals surface area contributed by atoms with Crippen LogP contribution in [0.15, 0.2) is 35.1 Å². The van der Waals surface area contributed by atoms with Crippen molar-refractivity contribution in [1.82, 2.24) is 10.3 Å². The Morgan fingerprint density at radius 3 is 3.16 bits per heavy atom. The lowest BCUT2D eigenvalue weighted by Crippen LogP contribution is -2.28. The number of nitrogens with one attached hydrogen (secondary N) is 1. The van der Waals surface area contributed by atoms with Gasteiger partial charge >= 0.3 is 0 Å². The minimum Gasteiger partial charge on any atom is -0.445 e. The van der Waals surface area contributed by atoms with Crippen LogP contribution < -0.4 is 5.32 Å². The average Bonchev–Trinajstić information content (AvgIpc) is 3.08. The molecule has 1 saturated carbocycles. The van der Waals surface area contributed by atoms with Gasteiger partial charge in [0, 0.05) is 18.6 Å². The molecule has 5 heteroatoms. The molecule has 0 radical (unpaired) electrons. The molecule has 5 rings (SSSR count). The first-order valence-corrected chi connectivity index (χ1v) is 9.19. The molecule has 3 atom stereocenters. The zero-order valence-corrected chi connectivity index (χ0v) is 14.2. The van der Waals surface area contributed by atoms with Crippen LogP contribution >= 0.6 is 0 Å². The van der Waals surface area contributed by atoms with Crippen LogP contribution in [0, 0.1) is 5.92 Å². The van der Waals surface area contributed by atoms with Crippen molar-refractivity contribution in [3.63, 3.8) is 0 Å². The van der Waals surface area contributed by atoms with Crippen molar-refractivity contribution >= 4 is 5.91 Å². The van der Waals surface area contributed by atoms with E-state index in [4.69, 9.17) is 9.15 Å². The molecule has 0 bridgehead atoms. The minimum atomic E-state index is -0.146. The van der Waals surface area contributed by atoms with E-state index in [9.17, 15) is 4.79 Å². The molecule has 1 spiro atoms. The Kier molecular flexibility index (Phi) is 3.45. The van der Waals surface area contributed by atoms with Gasteiger partial charge in [0.05, 0.1) is 0 Å². The quantitative estimate of drug-likeness (QED) is 0.930. The first-order valence-electron chi connectivity index (χ1n) is 9.19. The second kappa shape index (κ2) is 5.70. The summed E-state index contributed by atoms with van der Waals surface area (Å²) >= 11 is 0. The molecule has 2 aromatic rings. The van der Waals surface area contributed by atoms with Gasteiger partial charge in [-0.25, -0.2) is 4.98 Å². The number of oxazole rings is 1. The molecule has 130 valence electrons. The standard InChI is InChI=1S/C20H22N2O3/c23-19(17-18(25-12-22-17)16-6-3-9-24-16)21-11-14-10-20(14)8-7-13-4-1-2-5-15(13)20/h1-2,4-5,12,14,16H,3,6-11H2,(H,21,23)/t14-,16+,20-/m0/s1. The summed E-state index contributed by atoms with van der Waals surface area (Å²) in [6, 6.07) is 8.75. The lowest BCUT2D eigenvalue weighted by Gasteiger charge is -2.12. The van der Waals surface area contributed by atoms with Crippen LogP contribution in [0.5, 0.6) is 0 Å². The van der Waals surface area contributed by atoms with Crippen molar-refractivity contribution in [2.75, 3.05) is 13.2 Å². The molecule has 1 aromatic carbocycles. The number of aromatic nitrogens is 1. The Bertz CT molecular complexity index is 809. The number of fused-ring (bicyclic) bond motifs is 2. The van der Waals surface area contributed by atoms with E-state index in [0.29, 0.717) is 29.3 Å². The van der Waals surface area contributed by atoms with E-state index in [1.54, 1.807) is 0 Å². The van der Waals surface area contributed by atoms with Crippen molar-refractivity contribution < 1.29 is 13.9 Å². The van der Waals surface area contributed by atoms with Crippen LogP contribution in [0.25, 0.3) is 0 Å². The van der Waals surface area contributed by atoms with E-state index in [0.717, 1.165) is 25.9 Å². The monoisotopic (exact) mass is 338 g/mol.